The predicted octanol–water partition coefficient (Wildman–Crippen LogP) is 1.84. The maximum atomic E-state index is 4.46. The van der Waals surface area contributed by atoms with Gasteiger partial charge in [0.05, 0.1) is 6.54 Å². The minimum atomic E-state index is 0.486. The van der Waals surface area contributed by atoms with E-state index in [9.17, 15) is 0 Å². The summed E-state index contributed by atoms with van der Waals surface area (Å²) < 4.78 is 0. The molecule has 4 heteroatoms. The number of piperidine rings is 1. The average Bonchev–Trinajstić information content (AvgIpc) is 2.93. The number of hydrogen-bond donors (Lipinski definition) is 2. The highest BCUT2D eigenvalue weighted by Gasteiger charge is 2.20. The fourth-order valence-corrected chi connectivity index (χ4v) is 3.09. The lowest BCUT2D eigenvalue weighted by Crippen LogP contribution is -2.42. The van der Waals surface area contributed by atoms with E-state index in [1.807, 2.05) is 0 Å². The molecule has 1 atom stereocenters. The number of hydrogen-bond acceptors (Lipinski definition) is 4. The Labute approximate surface area is 127 Å². The number of rotatable bonds is 4. The Balaban J connectivity index is 1.37. The van der Waals surface area contributed by atoms with E-state index in [0.29, 0.717) is 6.04 Å². The maximum Gasteiger partial charge on any atom is 0.191 e. The van der Waals surface area contributed by atoms with Crippen LogP contribution in [0.4, 0.5) is 0 Å². The number of nitrogens with one attached hydrogen (secondary N) is 2. The van der Waals surface area contributed by atoms with Crippen LogP contribution in [-0.2, 0) is 6.54 Å². The molecule has 114 valence electrons. The molecule has 2 heterocycles. The zero-order chi connectivity index (χ0) is 14.5. The number of nitrogens with zero attached hydrogens (tertiary/aromatic N) is 2. The van der Waals surface area contributed by atoms with E-state index in [1.54, 1.807) is 0 Å². The predicted molar refractivity (Wildman–Crippen MR) is 87.3 cm³/mol. The van der Waals surface area contributed by atoms with Crippen LogP contribution in [0.5, 0.6) is 0 Å². The molecule has 21 heavy (non-hydrogen) atoms. The normalized spacial score (nSPS) is 23.7. The van der Waals surface area contributed by atoms with Crippen molar-refractivity contribution in [3.8, 4) is 0 Å². The standard InChI is InChI=1S/C17H26N4/c1-14-11-18-17(20-14)19-12-15-7-9-21(10-8-15)13-16-5-3-2-4-6-16/h2-6,14-15H,7-13H2,1H3,(H2,18,19,20). The Kier molecular flexibility index (Phi) is 4.76. The van der Waals surface area contributed by atoms with Gasteiger partial charge < -0.3 is 10.6 Å². The van der Waals surface area contributed by atoms with E-state index >= 15 is 0 Å². The summed E-state index contributed by atoms with van der Waals surface area (Å²) >= 11 is 0. The minimum Gasteiger partial charge on any atom is -0.356 e. The van der Waals surface area contributed by atoms with Crippen molar-refractivity contribution in [1.29, 1.82) is 0 Å². The number of guanidine groups is 1. The lowest BCUT2D eigenvalue weighted by atomic mass is 9.96. The molecule has 0 saturated carbocycles. The van der Waals surface area contributed by atoms with Crippen LogP contribution in [0.3, 0.4) is 0 Å². The average molecular weight is 286 g/mol. The van der Waals surface area contributed by atoms with Crippen LogP contribution in [0.1, 0.15) is 25.3 Å². The van der Waals surface area contributed by atoms with Gasteiger partial charge in [0.1, 0.15) is 0 Å². The van der Waals surface area contributed by atoms with Crippen LogP contribution in [-0.4, -0.2) is 43.1 Å². The fourth-order valence-electron chi connectivity index (χ4n) is 3.09. The zero-order valence-electron chi connectivity index (χ0n) is 12.9. The van der Waals surface area contributed by atoms with Crippen molar-refractivity contribution in [3.05, 3.63) is 35.9 Å². The third-order valence-corrected chi connectivity index (χ3v) is 4.42. The Bertz CT molecular complexity index is 463. The monoisotopic (exact) mass is 286 g/mol. The molecule has 0 aliphatic carbocycles. The van der Waals surface area contributed by atoms with Gasteiger partial charge in [-0.25, -0.2) is 0 Å². The first kappa shape index (κ1) is 14.4. The SMILES string of the molecule is CC1CN=C(NCC2CCN(Cc3ccccc3)CC2)N1. The van der Waals surface area contributed by atoms with Crippen molar-refractivity contribution in [1.82, 2.24) is 15.5 Å². The summed E-state index contributed by atoms with van der Waals surface area (Å²) in [5.41, 5.74) is 1.42. The number of aliphatic imine (C=N–C) groups is 1. The summed E-state index contributed by atoms with van der Waals surface area (Å²) in [6, 6.07) is 11.3. The molecule has 1 aromatic carbocycles. The molecule has 1 unspecified atom stereocenters. The van der Waals surface area contributed by atoms with Gasteiger partial charge in [0, 0.05) is 19.1 Å². The van der Waals surface area contributed by atoms with Crippen LogP contribution in [0.25, 0.3) is 0 Å². The molecule has 1 aromatic rings. The van der Waals surface area contributed by atoms with Gasteiger partial charge in [-0.15, -0.1) is 0 Å². The highest BCUT2D eigenvalue weighted by Crippen LogP contribution is 2.18. The molecule has 1 fully saturated rings. The molecule has 0 radical (unpaired) electrons. The van der Waals surface area contributed by atoms with E-state index in [2.05, 4.69) is 57.8 Å². The maximum absolute atomic E-state index is 4.46. The summed E-state index contributed by atoms with van der Waals surface area (Å²) in [7, 11) is 0. The highest BCUT2D eigenvalue weighted by molar-refractivity contribution is 5.81. The molecule has 1 saturated heterocycles. The van der Waals surface area contributed by atoms with Crippen molar-refractivity contribution < 1.29 is 0 Å². The number of likely N-dealkylation sites (tertiary alicyclic amines) is 1. The molecule has 0 spiro atoms. The van der Waals surface area contributed by atoms with Crippen molar-refractivity contribution >= 4 is 5.96 Å². The zero-order valence-corrected chi connectivity index (χ0v) is 12.9. The van der Waals surface area contributed by atoms with Crippen molar-refractivity contribution in [2.75, 3.05) is 26.2 Å². The number of benzene rings is 1. The summed E-state index contributed by atoms with van der Waals surface area (Å²) in [6.45, 7) is 7.62. The van der Waals surface area contributed by atoms with Crippen LogP contribution >= 0.6 is 0 Å². The molecule has 0 aromatic heterocycles. The smallest absolute Gasteiger partial charge is 0.191 e. The van der Waals surface area contributed by atoms with Gasteiger partial charge in [-0.3, -0.25) is 9.89 Å². The molecule has 0 amide bonds. The Morgan fingerprint density at radius 1 is 1.24 bits per heavy atom. The van der Waals surface area contributed by atoms with E-state index in [0.717, 1.165) is 31.5 Å². The van der Waals surface area contributed by atoms with Crippen LogP contribution < -0.4 is 10.6 Å². The second kappa shape index (κ2) is 6.94. The van der Waals surface area contributed by atoms with Crippen LogP contribution in [0.15, 0.2) is 35.3 Å². The van der Waals surface area contributed by atoms with Gasteiger partial charge in [0.2, 0.25) is 0 Å². The van der Waals surface area contributed by atoms with E-state index in [1.165, 1.54) is 31.5 Å². The van der Waals surface area contributed by atoms with Gasteiger partial charge >= 0.3 is 0 Å². The van der Waals surface area contributed by atoms with E-state index in [4.69, 9.17) is 0 Å². The van der Waals surface area contributed by atoms with Crippen molar-refractivity contribution in [2.24, 2.45) is 10.9 Å². The Morgan fingerprint density at radius 2 is 2.00 bits per heavy atom. The second-order valence-electron chi connectivity index (χ2n) is 6.32. The van der Waals surface area contributed by atoms with E-state index < -0.39 is 0 Å². The summed E-state index contributed by atoms with van der Waals surface area (Å²) in [4.78, 5) is 7.02. The molecule has 2 aliphatic rings. The molecule has 3 rings (SSSR count). The lowest BCUT2D eigenvalue weighted by molar-refractivity contribution is 0.178. The van der Waals surface area contributed by atoms with Gasteiger partial charge in [0.15, 0.2) is 5.96 Å². The summed E-state index contributed by atoms with van der Waals surface area (Å²) in [5.74, 6) is 1.77. The van der Waals surface area contributed by atoms with Crippen LogP contribution in [0, 0.1) is 5.92 Å². The lowest BCUT2D eigenvalue weighted by Gasteiger charge is -2.32. The second-order valence-corrected chi connectivity index (χ2v) is 6.32. The first-order chi connectivity index (χ1) is 10.3. The van der Waals surface area contributed by atoms with Gasteiger partial charge in [-0.05, 0) is 44.3 Å². The third-order valence-electron chi connectivity index (χ3n) is 4.42. The first-order valence-electron chi connectivity index (χ1n) is 8.11. The topological polar surface area (TPSA) is 39.7 Å². The molecular formula is C17H26N4. The molecular weight excluding hydrogens is 260 g/mol. The quantitative estimate of drug-likeness (QED) is 0.887. The summed E-state index contributed by atoms with van der Waals surface area (Å²) in [6.07, 6.45) is 2.56. The minimum absolute atomic E-state index is 0.486. The fraction of sp³-hybridized carbons (Fsp3) is 0.588. The Hall–Kier alpha value is -1.55. The summed E-state index contributed by atoms with van der Waals surface area (Å²) in [5, 5.41) is 6.83. The highest BCUT2D eigenvalue weighted by atomic mass is 15.2. The van der Waals surface area contributed by atoms with Gasteiger partial charge in [0.25, 0.3) is 0 Å². The molecule has 2 N–H and O–H groups in total. The van der Waals surface area contributed by atoms with Gasteiger partial charge in [-0.1, -0.05) is 30.3 Å². The van der Waals surface area contributed by atoms with Crippen LogP contribution in [0.2, 0.25) is 0 Å². The largest absolute Gasteiger partial charge is 0.356 e. The molecule has 0 bridgehead atoms. The van der Waals surface area contributed by atoms with E-state index in [-0.39, 0.29) is 0 Å². The van der Waals surface area contributed by atoms with Crippen molar-refractivity contribution in [3.63, 3.8) is 0 Å². The first-order valence-corrected chi connectivity index (χ1v) is 8.11. The third kappa shape index (κ3) is 4.21. The molecule has 2 aliphatic heterocycles. The Morgan fingerprint density at radius 3 is 2.67 bits per heavy atom. The van der Waals surface area contributed by atoms with Gasteiger partial charge in [-0.2, -0.15) is 0 Å². The van der Waals surface area contributed by atoms with Crippen molar-refractivity contribution in [2.45, 2.75) is 32.4 Å². The molecule has 4 nitrogen and oxygen atoms in total.